The minimum Gasteiger partial charge on any atom is -0.481 e. The summed E-state index contributed by atoms with van der Waals surface area (Å²) in [5.74, 6) is -1.78. The summed E-state index contributed by atoms with van der Waals surface area (Å²) >= 11 is 0. The Morgan fingerprint density at radius 1 is 0.865 bits per heavy atom. The minimum atomic E-state index is -0.959. The van der Waals surface area contributed by atoms with E-state index in [9.17, 15) is 14.4 Å². The number of aliphatic carboxylic acids is 1. The third-order valence-electron chi connectivity index (χ3n) is 6.61. The van der Waals surface area contributed by atoms with Crippen LogP contribution in [0.2, 0.25) is 0 Å². The Morgan fingerprint density at radius 2 is 1.59 bits per heavy atom. The molecule has 0 aliphatic heterocycles. The number of carboxylic acid groups (broad SMARTS) is 1. The molecule has 0 fully saturated rings. The van der Waals surface area contributed by atoms with Crippen molar-refractivity contribution in [3.05, 3.63) is 107 Å². The fourth-order valence-electron chi connectivity index (χ4n) is 4.56. The SMILES string of the molecule is O=C(O)CCNC(=O)c1ccc(CC(C(=O)Nc2ccccc2)c2ccc(C3=CCCCC3)cc2)cc1. The molecule has 1 unspecified atom stereocenters. The van der Waals surface area contributed by atoms with Crippen molar-refractivity contribution in [1.82, 2.24) is 5.32 Å². The summed E-state index contributed by atoms with van der Waals surface area (Å²) in [6, 6.07) is 24.8. The second-order valence-corrected chi connectivity index (χ2v) is 9.31. The number of allylic oxidation sites excluding steroid dienone is 2. The number of hydrogen-bond acceptors (Lipinski definition) is 3. The Hall–Kier alpha value is -4.19. The zero-order valence-electron chi connectivity index (χ0n) is 20.8. The van der Waals surface area contributed by atoms with Gasteiger partial charge in [0.25, 0.3) is 5.91 Å². The summed E-state index contributed by atoms with van der Waals surface area (Å²) in [5, 5.41) is 14.4. The molecule has 37 heavy (non-hydrogen) atoms. The minimum absolute atomic E-state index is 0.0740. The third-order valence-corrected chi connectivity index (χ3v) is 6.61. The lowest BCUT2D eigenvalue weighted by molar-refractivity contribution is -0.136. The van der Waals surface area contributed by atoms with Gasteiger partial charge in [0, 0.05) is 17.8 Å². The first-order valence-corrected chi connectivity index (χ1v) is 12.7. The van der Waals surface area contributed by atoms with Crippen molar-refractivity contribution < 1.29 is 19.5 Å². The lowest BCUT2D eigenvalue weighted by Crippen LogP contribution is -2.26. The molecule has 1 aliphatic carbocycles. The second kappa shape index (κ2) is 12.7. The number of para-hydroxylation sites is 1. The molecule has 3 aromatic rings. The molecule has 4 rings (SSSR count). The zero-order chi connectivity index (χ0) is 26.0. The quantitative estimate of drug-likeness (QED) is 0.330. The van der Waals surface area contributed by atoms with Gasteiger partial charge in [0.05, 0.1) is 12.3 Å². The monoisotopic (exact) mass is 496 g/mol. The highest BCUT2D eigenvalue weighted by atomic mass is 16.4. The molecule has 190 valence electrons. The van der Waals surface area contributed by atoms with E-state index >= 15 is 0 Å². The summed E-state index contributed by atoms with van der Waals surface area (Å²) in [6.45, 7) is 0.0740. The molecule has 0 saturated heterocycles. The van der Waals surface area contributed by atoms with Crippen LogP contribution in [-0.4, -0.2) is 29.4 Å². The van der Waals surface area contributed by atoms with Crippen molar-refractivity contribution in [3.8, 4) is 0 Å². The maximum absolute atomic E-state index is 13.4. The van der Waals surface area contributed by atoms with E-state index < -0.39 is 11.9 Å². The largest absolute Gasteiger partial charge is 0.481 e. The summed E-state index contributed by atoms with van der Waals surface area (Å²) in [5.41, 5.74) is 5.64. The topological polar surface area (TPSA) is 95.5 Å². The van der Waals surface area contributed by atoms with Gasteiger partial charge in [-0.1, -0.05) is 60.7 Å². The van der Waals surface area contributed by atoms with Crippen LogP contribution in [0.1, 0.15) is 65.1 Å². The number of anilines is 1. The number of benzene rings is 3. The number of carbonyl (C=O) groups excluding carboxylic acids is 2. The van der Waals surface area contributed by atoms with Gasteiger partial charge in [-0.25, -0.2) is 0 Å². The lowest BCUT2D eigenvalue weighted by Gasteiger charge is -2.19. The van der Waals surface area contributed by atoms with Crippen LogP contribution in [-0.2, 0) is 16.0 Å². The first kappa shape index (κ1) is 25.9. The fourth-order valence-corrected chi connectivity index (χ4v) is 4.56. The van der Waals surface area contributed by atoms with E-state index in [1.807, 2.05) is 54.6 Å². The smallest absolute Gasteiger partial charge is 0.305 e. The highest BCUT2D eigenvalue weighted by Gasteiger charge is 2.22. The van der Waals surface area contributed by atoms with Gasteiger partial charge in [-0.05, 0) is 78.6 Å². The van der Waals surface area contributed by atoms with E-state index in [1.165, 1.54) is 24.0 Å². The predicted molar refractivity (Wildman–Crippen MR) is 145 cm³/mol. The normalized spacial score (nSPS) is 13.8. The molecule has 6 heteroatoms. The van der Waals surface area contributed by atoms with Gasteiger partial charge in [-0.3, -0.25) is 14.4 Å². The van der Waals surface area contributed by atoms with E-state index in [0.29, 0.717) is 12.0 Å². The Balaban J connectivity index is 1.51. The van der Waals surface area contributed by atoms with Crippen LogP contribution in [0.5, 0.6) is 0 Å². The van der Waals surface area contributed by atoms with Gasteiger partial charge < -0.3 is 15.7 Å². The average Bonchev–Trinajstić information content (AvgIpc) is 2.93. The molecule has 0 saturated carbocycles. The van der Waals surface area contributed by atoms with Crippen molar-refractivity contribution in [2.24, 2.45) is 0 Å². The zero-order valence-corrected chi connectivity index (χ0v) is 20.8. The number of rotatable bonds is 10. The van der Waals surface area contributed by atoms with Gasteiger partial charge in [-0.2, -0.15) is 0 Å². The molecule has 3 aromatic carbocycles. The summed E-state index contributed by atoms with van der Waals surface area (Å²) < 4.78 is 0. The maximum Gasteiger partial charge on any atom is 0.305 e. The summed E-state index contributed by atoms with van der Waals surface area (Å²) in [7, 11) is 0. The number of nitrogens with one attached hydrogen (secondary N) is 2. The second-order valence-electron chi connectivity index (χ2n) is 9.31. The lowest BCUT2D eigenvalue weighted by atomic mass is 9.88. The molecule has 3 N–H and O–H groups in total. The van der Waals surface area contributed by atoms with E-state index in [0.717, 1.165) is 29.7 Å². The first-order chi connectivity index (χ1) is 18.0. The Bertz CT molecular complexity index is 1250. The van der Waals surface area contributed by atoms with Crippen LogP contribution in [0.15, 0.2) is 84.9 Å². The van der Waals surface area contributed by atoms with Crippen molar-refractivity contribution in [1.29, 1.82) is 0 Å². The van der Waals surface area contributed by atoms with E-state index in [4.69, 9.17) is 5.11 Å². The van der Waals surface area contributed by atoms with E-state index in [1.54, 1.807) is 12.1 Å². The molecular formula is C31H32N2O4. The molecule has 0 heterocycles. The molecule has 0 spiro atoms. The molecule has 2 amide bonds. The fraction of sp³-hybridized carbons (Fsp3) is 0.258. The Morgan fingerprint density at radius 3 is 2.24 bits per heavy atom. The van der Waals surface area contributed by atoms with Crippen molar-refractivity contribution in [2.75, 3.05) is 11.9 Å². The average molecular weight is 497 g/mol. The van der Waals surface area contributed by atoms with Gasteiger partial charge in [0.15, 0.2) is 0 Å². The number of amides is 2. The van der Waals surface area contributed by atoms with Crippen LogP contribution in [0.3, 0.4) is 0 Å². The third kappa shape index (κ3) is 7.40. The van der Waals surface area contributed by atoms with Gasteiger partial charge in [-0.15, -0.1) is 0 Å². The molecule has 6 nitrogen and oxygen atoms in total. The predicted octanol–water partition coefficient (Wildman–Crippen LogP) is 5.81. The van der Waals surface area contributed by atoms with Crippen molar-refractivity contribution in [3.63, 3.8) is 0 Å². The molecule has 1 aliphatic rings. The summed E-state index contributed by atoms with van der Waals surface area (Å²) in [6.07, 6.45) is 7.33. The Kier molecular flexibility index (Phi) is 8.87. The summed E-state index contributed by atoms with van der Waals surface area (Å²) in [4.78, 5) is 36.4. The van der Waals surface area contributed by atoms with E-state index in [-0.39, 0.29) is 24.8 Å². The van der Waals surface area contributed by atoms with E-state index in [2.05, 4.69) is 28.8 Å². The van der Waals surface area contributed by atoms with Crippen LogP contribution >= 0.6 is 0 Å². The highest BCUT2D eigenvalue weighted by Crippen LogP contribution is 2.29. The molecule has 1 atom stereocenters. The van der Waals surface area contributed by atoms with Crippen LogP contribution in [0.25, 0.3) is 5.57 Å². The van der Waals surface area contributed by atoms with Crippen LogP contribution in [0, 0.1) is 0 Å². The van der Waals surface area contributed by atoms with Gasteiger partial charge in [0.2, 0.25) is 5.91 Å². The highest BCUT2D eigenvalue weighted by molar-refractivity contribution is 5.96. The molecule has 0 bridgehead atoms. The Labute approximate surface area is 217 Å². The number of carboxylic acids is 1. The van der Waals surface area contributed by atoms with Crippen molar-refractivity contribution >= 4 is 29.0 Å². The first-order valence-electron chi connectivity index (χ1n) is 12.7. The van der Waals surface area contributed by atoms with Crippen LogP contribution < -0.4 is 10.6 Å². The molecule has 0 radical (unpaired) electrons. The number of hydrogen-bond donors (Lipinski definition) is 3. The van der Waals surface area contributed by atoms with Crippen molar-refractivity contribution in [2.45, 2.75) is 44.4 Å². The van der Waals surface area contributed by atoms with Gasteiger partial charge >= 0.3 is 5.97 Å². The van der Waals surface area contributed by atoms with Gasteiger partial charge in [0.1, 0.15) is 0 Å². The number of carbonyl (C=O) groups is 3. The van der Waals surface area contributed by atoms with Crippen LogP contribution in [0.4, 0.5) is 5.69 Å². The molecular weight excluding hydrogens is 464 g/mol. The standard InChI is InChI=1S/C31H32N2O4/c34-29(35)19-20-32-30(36)26-13-11-22(12-14-26)21-28(31(37)33-27-9-5-2-6-10-27)25-17-15-24(16-18-25)23-7-3-1-4-8-23/h2,5-7,9-18,28H,1,3-4,8,19-21H2,(H,32,36)(H,33,37)(H,34,35). The molecule has 0 aromatic heterocycles. The maximum atomic E-state index is 13.4.